The largest absolute Gasteiger partial charge is 0.311 e. The Hall–Kier alpha value is -13.3. The highest BCUT2D eigenvalue weighted by atomic mass is 15.2. The van der Waals surface area contributed by atoms with Crippen LogP contribution in [0, 0.1) is 11.3 Å². The van der Waals surface area contributed by atoms with E-state index in [1.165, 1.54) is 4.57 Å². The second-order valence-electron chi connectivity index (χ2n) is 32.4. The zero-order chi connectivity index (χ0) is 89.0. The Balaban J connectivity index is 0.996. The summed E-state index contributed by atoms with van der Waals surface area (Å²) in [5.74, 6) is 0. The van der Waals surface area contributed by atoms with Gasteiger partial charge in [-0.1, -0.05) is 256 Å². The molecule has 0 radical (unpaired) electrons. The molecule has 0 bridgehead atoms. The van der Waals surface area contributed by atoms with Crippen molar-refractivity contribution < 1.29 is 21.9 Å². The zero-order valence-corrected chi connectivity index (χ0v) is 62.6. The second kappa shape index (κ2) is 24.3. The van der Waals surface area contributed by atoms with E-state index in [2.05, 4.69) is 166 Å². The number of nitriles is 1. The molecule has 0 saturated heterocycles. The highest BCUT2D eigenvalue weighted by molar-refractivity contribution is 7.00. The Bertz CT molecular complexity index is 7860. The molecule has 0 N–H and O–H groups in total. The van der Waals surface area contributed by atoms with Crippen LogP contribution in [0.1, 0.15) is 106 Å². The van der Waals surface area contributed by atoms with Crippen molar-refractivity contribution in [2.45, 2.75) is 78.6 Å². The summed E-state index contributed by atoms with van der Waals surface area (Å²) in [5, 5.41) is 15.2. The minimum atomic E-state index is -0.855. The molecule has 21 rings (SSSR count). The Morgan fingerprint density at radius 3 is 1.14 bits per heavy atom. The molecular formula is C103H80BN7. The maximum atomic E-state index is 11.7. The molecular weight excluding hydrogens is 1350 g/mol. The van der Waals surface area contributed by atoms with Crippen LogP contribution >= 0.6 is 0 Å². The van der Waals surface area contributed by atoms with E-state index < -0.39 is 109 Å². The lowest BCUT2D eigenvalue weighted by atomic mass is 9.33. The molecule has 0 amide bonds. The standard InChI is InChI=1S/C103H80BN7/c1-101(2,3)67-45-52-92-82(54-67)83-55-68(102(4,5)6)46-53-93(83)107(92)71-48-50-84-95(59-71)108(70-47-44-66(63-105)94(58-70)110-90-42-26-20-36-78(90)79-37-21-27-43-91(79)110)97-61-73(109-88-40-24-18-34-76(88)77-35-19-25-41-89(77)109)62-98-99(97)104(84)85-51-49-72(106-86-38-22-16-32-74(86)75-33-17-23-39-87(75)106)60-96(85)111(98)100-80(64-28-12-10-13-29-64)56-69(103(7,8)9)57-81(100)65-30-14-11-15-31-65/h10-62H,1-9H3/i16D,17D,18D,19D,22D,23D,24D,25D,32D,33D,34D,35D,38D,39D,40D,41D. The van der Waals surface area contributed by atoms with Gasteiger partial charge in [0.2, 0.25) is 0 Å². The lowest BCUT2D eigenvalue weighted by molar-refractivity contribution is 0.590. The van der Waals surface area contributed by atoms with Crippen LogP contribution in [0.4, 0.5) is 34.1 Å². The van der Waals surface area contributed by atoms with E-state index in [4.69, 9.17) is 2.74 Å². The predicted molar refractivity (Wildman–Crippen MR) is 470 cm³/mol. The van der Waals surface area contributed by atoms with Crippen molar-refractivity contribution in [2.75, 3.05) is 9.80 Å². The van der Waals surface area contributed by atoms with Crippen LogP contribution < -0.4 is 26.2 Å². The first kappa shape index (κ1) is 51.1. The third-order valence-corrected chi connectivity index (χ3v) is 22.9. The number of hydrogen-bond acceptors (Lipinski definition) is 3. The molecule has 0 aliphatic carbocycles. The van der Waals surface area contributed by atoms with Gasteiger partial charge >= 0.3 is 0 Å². The first-order chi connectivity index (χ1) is 60.6. The van der Waals surface area contributed by atoms with Gasteiger partial charge in [-0.15, -0.1) is 0 Å². The van der Waals surface area contributed by atoms with Gasteiger partial charge in [-0.3, -0.25) is 0 Å². The Labute approximate surface area is 669 Å². The monoisotopic (exact) mass is 1440 g/mol. The van der Waals surface area contributed by atoms with Crippen molar-refractivity contribution in [2.24, 2.45) is 0 Å². The quantitative estimate of drug-likeness (QED) is 0.142. The summed E-state index contributed by atoms with van der Waals surface area (Å²) in [6.07, 6.45) is 0. The molecule has 0 saturated carbocycles. The van der Waals surface area contributed by atoms with E-state index in [1.807, 2.05) is 146 Å². The van der Waals surface area contributed by atoms with E-state index >= 15 is 0 Å². The van der Waals surface area contributed by atoms with Crippen LogP contribution in [0.25, 0.3) is 132 Å². The number of anilines is 6. The zero-order valence-electron chi connectivity index (χ0n) is 78.6. The summed E-state index contributed by atoms with van der Waals surface area (Å²) in [6, 6.07) is 69.5. The van der Waals surface area contributed by atoms with E-state index in [0.717, 1.165) is 93.7 Å². The van der Waals surface area contributed by atoms with Crippen molar-refractivity contribution in [3.05, 3.63) is 343 Å². The van der Waals surface area contributed by atoms with Crippen LogP contribution in [0.3, 0.4) is 0 Å². The first-order valence-electron chi connectivity index (χ1n) is 45.6. The van der Waals surface area contributed by atoms with Gasteiger partial charge in [0, 0.05) is 94.0 Å². The summed E-state index contributed by atoms with van der Waals surface area (Å²) in [4.78, 5) is 4.36. The van der Waals surface area contributed by atoms with Crippen LogP contribution in [0.15, 0.2) is 321 Å². The van der Waals surface area contributed by atoms with E-state index in [0.29, 0.717) is 56.3 Å². The molecule has 0 fully saturated rings. The van der Waals surface area contributed by atoms with Crippen LogP contribution in [0.2, 0.25) is 0 Å². The summed E-state index contributed by atoms with van der Waals surface area (Å²) in [5.41, 5.74) is 15.8. The number of para-hydroxylation sites is 6. The van der Waals surface area contributed by atoms with E-state index in [-0.39, 0.29) is 65.8 Å². The number of rotatable bonds is 8. The lowest BCUT2D eigenvalue weighted by Gasteiger charge is -2.45. The number of aromatic nitrogens is 4. The summed E-state index contributed by atoms with van der Waals surface area (Å²) in [7, 11) is 0. The molecule has 4 aromatic heterocycles. The third-order valence-electron chi connectivity index (χ3n) is 22.9. The number of nitrogens with zero attached hydrogens (tertiary/aromatic N) is 7. The van der Waals surface area contributed by atoms with Gasteiger partial charge in [0.25, 0.3) is 6.71 Å². The summed E-state index contributed by atoms with van der Waals surface area (Å²) in [6.45, 7) is 18.9. The van der Waals surface area contributed by atoms with Gasteiger partial charge in [0.1, 0.15) is 6.07 Å². The molecule has 19 aromatic rings. The molecule has 0 unspecified atom stereocenters. The van der Waals surface area contributed by atoms with Crippen molar-refractivity contribution in [1.29, 1.82) is 5.26 Å². The van der Waals surface area contributed by atoms with Gasteiger partial charge in [-0.05, 0) is 188 Å². The van der Waals surface area contributed by atoms with Gasteiger partial charge in [-0.25, -0.2) is 0 Å². The predicted octanol–water partition coefficient (Wildman–Crippen LogP) is 25.3. The third kappa shape index (κ3) is 10.0. The highest BCUT2D eigenvalue weighted by Gasteiger charge is 2.46. The van der Waals surface area contributed by atoms with Crippen molar-refractivity contribution in [3.63, 3.8) is 0 Å². The van der Waals surface area contributed by atoms with Crippen LogP contribution in [-0.2, 0) is 16.2 Å². The second-order valence-corrected chi connectivity index (χ2v) is 32.4. The van der Waals surface area contributed by atoms with Crippen molar-refractivity contribution in [3.8, 4) is 51.1 Å². The maximum absolute atomic E-state index is 11.7. The summed E-state index contributed by atoms with van der Waals surface area (Å²) < 4.78 is 162. The fourth-order valence-electron chi connectivity index (χ4n) is 17.6. The minimum Gasteiger partial charge on any atom is -0.311 e. The fraction of sp³-hybridized carbons (Fsp3) is 0.117. The lowest BCUT2D eigenvalue weighted by Crippen LogP contribution is -2.61. The molecule has 0 atom stereocenters. The van der Waals surface area contributed by atoms with Crippen LogP contribution in [-0.4, -0.2) is 25.0 Å². The highest BCUT2D eigenvalue weighted by Crippen LogP contribution is 2.54. The number of hydrogen-bond donors (Lipinski definition) is 0. The number of benzene rings is 15. The normalized spacial score (nSPS) is 15.0. The number of fused-ring (bicyclic) bond motifs is 16. The summed E-state index contributed by atoms with van der Waals surface area (Å²) >= 11 is 0. The van der Waals surface area contributed by atoms with Crippen molar-refractivity contribution >= 4 is 144 Å². The van der Waals surface area contributed by atoms with Gasteiger partial charge in [0.15, 0.2) is 0 Å². The molecule has 7 nitrogen and oxygen atoms in total. The maximum Gasteiger partial charge on any atom is 0.252 e. The molecule has 530 valence electrons. The van der Waals surface area contributed by atoms with Crippen LogP contribution in [0.5, 0.6) is 0 Å². The van der Waals surface area contributed by atoms with E-state index in [9.17, 15) is 24.5 Å². The molecule has 15 aromatic carbocycles. The topological polar surface area (TPSA) is 50.0 Å². The molecule has 111 heavy (non-hydrogen) atoms. The van der Waals surface area contributed by atoms with Gasteiger partial charge in [-0.2, -0.15) is 5.26 Å². The average molecular weight is 1440 g/mol. The molecule has 2 aliphatic heterocycles. The first-order valence-corrected chi connectivity index (χ1v) is 37.6. The molecule has 2 aliphatic rings. The molecule has 6 heterocycles. The Morgan fingerprint density at radius 1 is 0.297 bits per heavy atom. The van der Waals surface area contributed by atoms with E-state index in [1.54, 1.807) is 4.57 Å². The molecule has 0 spiro atoms. The van der Waals surface area contributed by atoms with Gasteiger partial charge < -0.3 is 28.1 Å². The average Bonchev–Trinajstić information content (AvgIpc) is 1.40. The Morgan fingerprint density at radius 2 is 0.676 bits per heavy atom. The smallest absolute Gasteiger partial charge is 0.252 e. The minimum absolute atomic E-state index is 0.103. The van der Waals surface area contributed by atoms with Crippen molar-refractivity contribution in [1.82, 2.24) is 18.3 Å². The fourth-order valence-corrected chi connectivity index (χ4v) is 17.6. The Kier molecular flexibility index (Phi) is 11.2. The molecule has 8 heteroatoms. The SMILES string of the molecule is [2H]c1c([2H])c([2H])c2c(c1[2H])c1c([2H])c([2H])c([2H])c([2H])c1n2-c1ccc2c(c1)N(c1c(-c3ccccc3)cc(C(C)(C)C)cc1-c1ccccc1)c1cc(-n3c4c([2H])c([2H])c([2H])c([2H])c4c4c([2H])c([2H])c([2H])c([2H])c43)cc3c1B2c1ccc(-n2c4ccc(C(C)(C)C)cc4c4cc(C(C)(C)C)ccc42)cc1N3c1ccc(C#N)c(-n2c3ccccc3c3ccccc32)c1. The van der Waals surface area contributed by atoms with Gasteiger partial charge in [0.05, 0.1) is 88.7 Å².